The van der Waals surface area contributed by atoms with Gasteiger partial charge in [-0.15, -0.1) is 10.2 Å². The van der Waals surface area contributed by atoms with Crippen molar-refractivity contribution in [1.82, 2.24) is 25.4 Å². The molecular weight excluding hydrogens is 352 g/mol. The van der Waals surface area contributed by atoms with Crippen LogP contribution in [0, 0.1) is 19.8 Å². The number of aromatic nitrogens is 3. The van der Waals surface area contributed by atoms with Crippen molar-refractivity contribution < 1.29 is 4.74 Å². The average molecular weight is 385 g/mol. The Hall–Kier alpha value is -2.41. The molecule has 28 heavy (non-hydrogen) atoms. The number of ether oxygens (including phenoxy) is 1. The molecule has 1 saturated heterocycles. The molecule has 1 fully saturated rings. The van der Waals surface area contributed by atoms with Crippen LogP contribution in [0.1, 0.15) is 48.6 Å². The van der Waals surface area contributed by atoms with E-state index in [1.807, 2.05) is 18.5 Å². The van der Waals surface area contributed by atoms with Crippen molar-refractivity contribution in [3.63, 3.8) is 0 Å². The number of nitrogens with zero attached hydrogens (tertiary/aromatic N) is 4. The first-order valence-corrected chi connectivity index (χ1v) is 10.1. The van der Waals surface area contributed by atoms with Gasteiger partial charge in [0, 0.05) is 32.7 Å². The van der Waals surface area contributed by atoms with E-state index in [1.54, 1.807) is 0 Å². The minimum atomic E-state index is 0.131. The van der Waals surface area contributed by atoms with Gasteiger partial charge in [-0.05, 0) is 39.2 Å². The molecule has 1 aromatic heterocycles. The molecule has 3 rings (SSSR count). The molecule has 0 bridgehead atoms. The summed E-state index contributed by atoms with van der Waals surface area (Å²) in [7, 11) is 1.96. The third-order valence-corrected chi connectivity index (χ3v) is 5.29. The van der Waals surface area contributed by atoms with Crippen LogP contribution >= 0.6 is 0 Å². The van der Waals surface area contributed by atoms with Crippen LogP contribution < -0.4 is 10.6 Å². The Balaban J connectivity index is 1.64. The molecule has 2 aromatic rings. The van der Waals surface area contributed by atoms with Gasteiger partial charge >= 0.3 is 0 Å². The van der Waals surface area contributed by atoms with Gasteiger partial charge in [0.05, 0.1) is 6.10 Å². The zero-order valence-corrected chi connectivity index (χ0v) is 17.4. The number of aliphatic imine (C=N–C) groups is 1. The Morgan fingerprint density at radius 1 is 1.21 bits per heavy atom. The summed E-state index contributed by atoms with van der Waals surface area (Å²) in [5, 5.41) is 15.1. The van der Waals surface area contributed by atoms with E-state index >= 15 is 0 Å². The predicted molar refractivity (Wildman–Crippen MR) is 111 cm³/mol. The maximum atomic E-state index is 6.13. The zero-order valence-electron chi connectivity index (χ0n) is 17.4. The Bertz CT molecular complexity index is 783. The number of hydrogen-bond acceptors (Lipinski definition) is 4. The number of rotatable bonds is 6. The third-order valence-electron chi connectivity index (χ3n) is 5.29. The van der Waals surface area contributed by atoms with Crippen LogP contribution in [0.2, 0.25) is 0 Å². The van der Waals surface area contributed by atoms with E-state index < -0.39 is 0 Å². The lowest BCUT2D eigenvalue weighted by molar-refractivity contribution is -0.0265. The van der Waals surface area contributed by atoms with Crippen molar-refractivity contribution in [2.75, 3.05) is 19.7 Å². The third kappa shape index (κ3) is 5.10. The van der Waals surface area contributed by atoms with Crippen molar-refractivity contribution in [1.29, 1.82) is 0 Å². The van der Waals surface area contributed by atoms with Crippen LogP contribution in [-0.2, 0) is 18.3 Å². The predicted octanol–water partition coefficient (Wildman–Crippen LogP) is 2.65. The molecule has 2 atom stereocenters. The van der Waals surface area contributed by atoms with E-state index in [-0.39, 0.29) is 6.10 Å². The molecular formula is C21H32N6O. The summed E-state index contributed by atoms with van der Waals surface area (Å²) < 4.78 is 8.10. The molecule has 7 nitrogen and oxygen atoms in total. The second-order valence-corrected chi connectivity index (χ2v) is 7.40. The highest BCUT2D eigenvalue weighted by Gasteiger charge is 2.27. The topological polar surface area (TPSA) is 76.4 Å². The second kappa shape index (κ2) is 9.68. The van der Waals surface area contributed by atoms with Gasteiger partial charge in [-0.25, -0.2) is 4.99 Å². The summed E-state index contributed by atoms with van der Waals surface area (Å²) in [4.78, 5) is 4.68. The van der Waals surface area contributed by atoms with E-state index in [9.17, 15) is 0 Å². The lowest BCUT2D eigenvalue weighted by Gasteiger charge is -2.32. The number of benzene rings is 1. The van der Waals surface area contributed by atoms with Crippen LogP contribution in [0.3, 0.4) is 0 Å². The molecule has 0 radical (unpaired) electrons. The normalized spacial score (nSPS) is 20.2. The summed E-state index contributed by atoms with van der Waals surface area (Å²) >= 11 is 0. The monoisotopic (exact) mass is 384 g/mol. The van der Waals surface area contributed by atoms with Gasteiger partial charge in [0.2, 0.25) is 0 Å². The highest BCUT2D eigenvalue weighted by Crippen LogP contribution is 2.33. The number of hydrogen-bond donors (Lipinski definition) is 2. The average Bonchev–Trinajstić information content (AvgIpc) is 3.03. The van der Waals surface area contributed by atoms with E-state index in [2.05, 4.69) is 63.9 Å². The largest absolute Gasteiger partial charge is 0.373 e. The van der Waals surface area contributed by atoms with E-state index in [1.165, 1.54) is 11.1 Å². The molecule has 0 saturated carbocycles. The number of nitrogens with one attached hydrogen (secondary N) is 2. The lowest BCUT2D eigenvalue weighted by atomic mass is 9.89. The van der Waals surface area contributed by atoms with Gasteiger partial charge < -0.3 is 19.9 Å². The zero-order chi connectivity index (χ0) is 19.9. The molecule has 7 heteroatoms. The van der Waals surface area contributed by atoms with Gasteiger partial charge in [-0.2, -0.15) is 0 Å². The Morgan fingerprint density at radius 3 is 2.68 bits per heavy atom. The minimum absolute atomic E-state index is 0.131. The van der Waals surface area contributed by atoms with Gasteiger partial charge in [0.25, 0.3) is 0 Å². The van der Waals surface area contributed by atoms with Gasteiger partial charge in [-0.3, -0.25) is 0 Å². The quantitative estimate of drug-likeness (QED) is 0.591. The van der Waals surface area contributed by atoms with Crippen molar-refractivity contribution in [3.05, 3.63) is 47.0 Å². The smallest absolute Gasteiger partial charge is 0.191 e. The summed E-state index contributed by atoms with van der Waals surface area (Å²) in [6, 6.07) is 8.69. The van der Waals surface area contributed by atoms with E-state index in [0.29, 0.717) is 12.5 Å². The summed E-state index contributed by atoms with van der Waals surface area (Å²) in [6.07, 6.45) is 2.37. The molecule has 0 aliphatic carbocycles. The molecule has 152 valence electrons. The van der Waals surface area contributed by atoms with Crippen molar-refractivity contribution >= 4 is 5.96 Å². The molecule has 0 amide bonds. The molecule has 2 heterocycles. The number of aryl methyl sites for hydroxylation is 2. The van der Waals surface area contributed by atoms with E-state index in [0.717, 1.165) is 50.1 Å². The lowest BCUT2D eigenvalue weighted by Crippen LogP contribution is -2.42. The maximum absolute atomic E-state index is 6.13. The standard InChI is InChI=1S/C21H32N6O/c1-5-22-21(24-14-19-26-25-16(3)27(19)4)23-13-18-7-6-12-28-20(18)17-10-8-15(2)9-11-17/h8-11,18,20H,5-7,12-14H2,1-4H3,(H2,22,23,24). The minimum Gasteiger partial charge on any atom is -0.373 e. The van der Waals surface area contributed by atoms with Crippen LogP contribution in [0.15, 0.2) is 29.3 Å². The fourth-order valence-corrected chi connectivity index (χ4v) is 3.48. The van der Waals surface area contributed by atoms with Crippen molar-refractivity contribution in [2.24, 2.45) is 18.0 Å². The van der Waals surface area contributed by atoms with Crippen LogP contribution in [0.5, 0.6) is 0 Å². The first-order valence-electron chi connectivity index (χ1n) is 10.1. The van der Waals surface area contributed by atoms with Gasteiger partial charge in [-0.1, -0.05) is 29.8 Å². The molecule has 1 aliphatic heterocycles. The fourth-order valence-electron chi connectivity index (χ4n) is 3.48. The Morgan fingerprint density at radius 2 is 2.00 bits per heavy atom. The van der Waals surface area contributed by atoms with Gasteiger partial charge in [0.1, 0.15) is 12.4 Å². The van der Waals surface area contributed by atoms with Crippen molar-refractivity contribution in [3.8, 4) is 0 Å². The van der Waals surface area contributed by atoms with Crippen LogP contribution in [-0.4, -0.2) is 40.4 Å². The summed E-state index contributed by atoms with van der Waals surface area (Å²) in [6.45, 7) is 9.08. The fraction of sp³-hybridized carbons (Fsp3) is 0.571. The van der Waals surface area contributed by atoms with Crippen LogP contribution in [0.4, 0.5) is 0 Å². The van der Waals surface area contributed by atoms with Gasteiger partial charge in [0.15, 0.2) is 11.8 Å². The van der Waals surface area contributed by atoms with Crippen LogP contribution in [0.25, 0.3) is 0 Å². The molecule has 1 aromatic carbocycles. The number of guanidine groups is 1. The van der Waals surface area contributed by atoms with Crippen molar-refractivity contribution in [2.45, 2.75) is 46.3 Å². The maximum Gasteiger partial charge on any atom is 0.191 e. The summed E-state index contributed by atoms with van der Waals surface area (Å²) in [5.74, 6) is 2.96. The molecule has 1 aliphatic rings. The Kier molecular flexibility index (Phi) is 7.03. The first-order chi connectivity index (χ1) is 13.6. The first kappa shape index (κ1) is 20.3. The highest BCUT2D eigenvalue weighted by atomic mass is 16.5. The SMILES string of the molecule is CCNC(=NCc1nnc(C)n1C)NCC1CCCOC1c1ccc(C)cc1. The molecule has 2 unspecified atom stereocenters. The molecule has 0 spiro atoms. The Labute approximate surface area is 167 Å². The van der Waals surface area contributed by atoms with E-state index in [4.69, 9.17) is 4.74 Å². The second-order valence-electron chi connectivity index (χ2n) is 7.40. The highest BCUT2D eigenvalue weighted by molar-refractivity contribution is 5.79. The molecule has 2 N–H and O–H groups in total. The summed E-state index contributed by atoms with van der Waals surface area (Å²) in [5.41, 5.74) is 2.53.